The molecule has 1 aromatic heterocycles. The number of nitrogens with one attached hydrogen (secondary N) is 1. The van der Waals surface area contributed by atoms with Crippen LogP contribution in [-0.4, -0.2) is 16.1 Å². The van der Waals surface area contributed by atoms with E-state index in [0.29, 0.717) is 32.3 Å². The number of alkyl halides is 3. The Kier molecular flexibility index (Phi) is 4.95. The van der Waals surface area contributed by atoms with E-state index in [4.69, 9.17) is 9.84 Å². The van der Waals surface area contributed by atoms with Gasteiger partial charge in [-0.15, -0.1) is 0 Å². The van der Waals surface area contributed by atoms with Gasteiger partial charge >= 0.3 is 12.1 Å². The van der Waals surface area contributed by atoms with Crippen LogP contribution in [0.4, 0.5) is 13.2 Å². The Morgan fingerprint density at radius 1 is 1.19 bits per heavy atom. The monoisotopic (exact) mass is 427 g/mol. The van der Waals surface area contributed by atoms with Gasteiger partial charge in [0.2, 0.25) is 0 Å². The van der Waals surface area contributed by atoms with Crippen LogP contribution in [0, 0.1) is 0 Å². The summed E-state index contributed by atoms with van der Waals surface area (Å²) in [7, 11) is 0. The van der Waals surface area contributed by atoms with E-state index in [1.165, 1.54) is 0 Å². The number of aromatic amines is 1. The fraction of sp³-hybridized carbons (Fsp3) is 0.167. The Bertz CT molecular complexity index is 966. The van der Waals surface area contributed by atoms with Gasteiger partial charge in [-0.05, 0) is 29.8 Å². The number of hydrogen-bond donors (Lipinski definition) is 2. The highest BCUT2D eigenvalue weighted by atomic mass is 79.9. The second kappa shape index (κ2) is 7.03. The molecule has 0 saturated heterocycles. The average molecular weight is 428 g/mol. The number of hydrogen-bond acceptors (Lipinski definition) is 2. The van der Waals surface area contributed by atoms with E-state index in [0.717, 1.165) is 6.07 Å². The number of benzene rings is 2. The molecule has 2 aromatic carbocycles. The molecule has 0 fully saturated rings. The zero-order valence-corrected chi connectivity index (χ0v) is 14.8. The predicted molar refractivity (Wildman–Crippen MR) is 93.1 cm³/mol. The van der Waals surface area contributed by atoms with Crippen LogP contribution in [0.25, 0.3) is 10.9 Å². The minimum atomic E-state index is -4.45. The lowest BCUT2D eigenvalue weighted by atomic mass is 10.1. The first-order chi connectivity index (χ1) is 12.2. The molecule has 8 heteroatoms. The van der Waals surface area contributed by atoms with E-state index in [9.17, 15) is 18.0 Å². The number of fused-ring (bicyclic) bond motifs is 1. The predicted octanol–water partition coefficient (Wildman–Crippen LogP) is 5.16. The lowest BCUT2D eigenvalue weighted by Gasteiger charge is -2.11. The van der Waals surface area contributed by atoms with E-state index in [1.807, 2.05) is 0 Å². The number of carboxylic acids is 1. The van der Waals surface area contributed by atoms with Gasteiger partial charge in [-0.1, -0.05) is 34.1 Å². The Morgan fingerprint density at radius 3 is 2.62 bits per heavy atom. The summed E-state index contributed by atoms with van der Waals surface area (Å²) in [5.74, 6) is -0.551. The molecule has 0 aliphatic rings. The van der Waals surface area contributed by atoms with E-state index in [2.05, 4.69) is 20.9 Å². The fourth-order valence-corrected chi connectivity index (χ4v) is 3.22. The van der Waals surface area contributed by atoms with Crippen LogP contribution in [-0.2, 0) is 24.0 Å². The highest BCUT2D eigenvalue weighted by molar-refractivity contribution is 9.10. The van der Waals surface area contributed by atoms with Crippen molar-refractivity contribution >= 4 is 32.8 Å². The molecule has 0 unspecified atom stereocenters. The Labute approximate surface area is 154 Å². The zero-order valence-electron chi connectivity index (χ0n) is 13.2. The van der Waals surface area contributed by atoms with Gasteiger partial charge in [-0.25, -0.2) is 0 Å². The third-order valence-electron chi connectivity index (χ3n) is 3.76. The van der Waals surface area contributed by atoms with Gasteiger partial charge in [0.15, 0.2) is 0 Å². The fourth-order valence-electron chi connectivity index (χ4n) is 2.60. The van der Waals surface area contributed by atoms with Crippen LogP contribution in [0.15, 0.2) is 46.9 Å². The van der Waals surface area contributed by atoms with Gasteiger partial charge in [-0.2, -0.15) is 13.2 Å². The van der Waals surface area contributed by atoms with Crippen molar-refractivity contribution in [2.45, 2.75) is 19.2 Å². The third-order valence-corrected chi connectivity index (χ3v) is 4.42. The number of carbonyl (C=O) groups is 1. The first-order valence-corrected chi connectivity index (χ1v) is 8.34. The van der Waals surface area contributed by atoms with Crippen LogP contribution in [0.5, 0.6) is 5.75 Å². The minimum absolute atomic E-state index is 0.0888. The van der Waals surface area contributed by atoms with Crippen molar-refractivity contribution < 1.29 is 27.8 Å². The SMILES string of the molecule is O=C(O)Cc1ccccc1OCc1cc(Br)c2cc(C(F)(F)F)[nH]c2c1. The summed E-state index contributed by atoms with van der Waals surface area (Å²) in [6.45, 7) is 0.0888. The van der Waals surface area contributed by atoms with Crippen LogP contribution >= 0.6 is 15.9 Å². The molecule has 4 nitrogen and oxygen atoms in total. The van der Waals surface area contributed by atoms with Gasteiger partial charge < -0.3 is 14.8 Å². The maximum Gasteiger partial charge on any atom is 0.431 e. The van der Waals surface area contributed by atoms with Crippen LogP contribution in [0.1, 0.15) is 16.8 Å². The number of carboxylic acid groups (broad SMARTS) is 1. The Morgan fingerprint density at radius 2 is 1.92 bits per heavy atom. The molecule has 0 spiro atoms. The van der Waals surface area contributed by atoms with Gasteiger partial charge in [0, 0.05) is 20.9 Å². The van der Waals surface area contributed by atoms with Crippen molar-refractivity contribution in [3.8, 4) is 5.75 Å². The van der Waals surface area contributed by atoms with Gasteiger partial charge in [-0.3, -0.25) is 4.79 Å². The molecule has 0 bridgehead atoms. The van der Waals surface area contributed by atoms with Gasteiger partial charge in [0.1, 0.15) is 18.1 Å². The number of para-hydroxylation sites is 1. The van der Waals surface area contributed by atoms with Crippen molar-refractivity contribution in [2.75, 3.05) is 0 Å². The Balaban J connectivity index is 1.85. The van der Waals surface area contributed by atoms with Crippen molar-refractivity contribution in [1.82, 2.24) is 4.98 Å². The molecule has 136 valence electrons. The summed E-state index contributed by atoms with van der Waals surface area (Å²) >= 11 is 3.28. The number of H-pyrrole nitrogens is 1. The topological polar surface area (TPSA) is 62.3 Å². The van der Waals surface area contributed by atoms with Crippen molar-refractivity contribution in [3.05, 3.63) is 63.8 Å². The molecule has 2 N–H and O–H groups in total. The lowest BCUT2D eigenvalue weighted by Crippen LogP contribution is -2.04. The summed E-state index contributed by atoms with van der Waals surface area (Å²) in [6.07, 6.45) is -4.63. The highest BCUT2D eigenvalue weighted by Gasteiger charge is 2.32. The number of aliphatic carboxylic acids is 1. The van der Waals surface area contributed by atoms with E-state index in [1.54, 1.807) is 36.4 Å². The molecule has 0 radical (unpaired) electrons. The first kappa shape index (κ1) is 18.3. The summed E-state index contributed by atoms with van der Waals surface area (Å²) < 4.78 is 44.8. The summed E-state index contributed by atoms with van der Waals surface area (Å²) in [4.78, 5) is 13.3. The normalized spacial score (nSPS) is 11.7. The molecule has 0 atom stereocenters. The lowest BCUT2D eigenvalue weighted by molar-refractivity contribution is -0.140. The van der Waals surface area contributed by atoms with E-state index >= 15 is 0 Å². The van der Waals surface area contributed by atoms with Crippen molar-refractivity contribution in [2.24, 2.45) is 0 Å². The molecule has 0 saturated carbocycles. The number of aromatic nitrogens is 1. The maximum absolute atomic E-state index is 12.9. The van der Waals surface area contributed by atoms with Gasteiger partial charge in [0.05, 0.1) is 6.42 Å². The quantitative estimate of drug-likeness (QED) is 0.591. The number of halogens is 4. The first-order valence-electron chi connectivity index (χ1n) is 7.55. The van der Waals surface area contributed by atoms with E-state index < -0.39 is 17.8 Å². The summed E-state index contributed by atoms with van der Waals surface area (Å²) in [5.41, 5.74) is 0.687. The Hall–Kier alpha value is -2.48. The van der Waals surface area contributed by atoms with Crippen LogP contribution < -0.4 is 4.74 Å². The second-order valence-corrected chi connectivity index (χ2v) is 6.54. The number of ether oxygens (including phenoxy) is 1. The van der Waals surface area contributed by atoms with Gasteiger partial charge in [0.25, 0.3) is 0 Å². The molecule has 26 heavy (non-hydrogen) atoms. The smallest absolute Gasteiger partial charge is 0.431 e. The highest BCUT2D eigenvalue weighted by Crippen LogP contribution is 2.34. The molecule has 0 aliphatic carbocycles. The third kappa shape index (κ3) is 4.01. The summed E-state index contributed by atoms with van der Waals surface area (Å²) in [5, 5.41) is 9.37. The number of rotatable bonds is 5. The van der Waals surface area contributed by atoms with Crippen LogP contribution in [0.3, 0.4) is 0 Å². The molecular formula is C18H13BrF3NO3. The summed E-state index contributed by atoms with van der Waals surface area (Å²) in [6, 6.07) is 11.1. The second-order valence-electron chi connectivity index (χ2n) is 5.69. The molecule has 0 amide bonds. The maximum atomic E-state index is 12.9. The van der Waals surface area contributed by atoms with Crippen LogP contribution in [0.2, 0.25) is 0 Å². The minimum Gasteiger partial charge on any atom is -0.489 e. The molecule has 1 heterocycles. The zero-order chi connectivity index (χ0) is 18.9. The van der Waals surface area contributed by atoms with Crippen molar-refractivity contribution in [1.29, 1.82) is 0 Å². The molecule has 3 aromatic rings. The van der Waals surface area contributed by atoms with Crippen molar-refractivity contribution in [3.63, 3.8) is 0 Å². The average Bonchev–Trinajstić information content (AvgIpc) is 2.98. The molecular weight excluding hydrogens is 415 g/mol. The van der Waals surface area contributed by atoms with E-state index in [-0.39, 0.29) is 13.0 Å². The molecule has 3 rings (SSSR count). The molecule has 0 aliphatic heterocycles. The standard InChI is InChI=1S/C18H13BrF3NO3/c19-13-5-10(6-14-12(13)8-16(23-14)18(20,21)22)9-26-15-4-2-1-3-11(15)7-17(24)25/h1-6,8,23H,7,9H2,(H,24,25). The largest absolute Gasteiger partial charge is 0.489 e.